The van der Waals surface area contributed by atoms with E-state index in [4.69, 9.17) is 0 Å². The summed E-state index contributed by atoms with van der Waals surface area (Å²) in [6.45, 7) is 1.02. The quantitative estimate of drug-likeness (QED) is 0.477. The fourth-order valence-corrected chi connectivity index (χ4v) is 0.828. The summed E-state index contributed by atoms with van der Waals surface area (Å²) in [5.41, 5.74) is 0. The Bertz CT molecular complexity index is 70.8. The summed E-state index contributed by atoms with van der Waals surface area (Å²) in [6, 6.07) is 0.167. The van der Waals surface area contributed by atoms with Gasteiger partial charge < -0.3 is 10.1 Å². The maximum absolute atomic E-state index is 9.94. The summed E-state index contributed by atoms with van der Waals surface area (Å²) in [5.74, 6) is 0. The minimum absolute atomic E-state index is 0. The Kier molecular flexibility index (Phi) is 1.42. The smallest absolute Gasteiger partial charge is 0.136 e. The predicted molar refractivity (Wildman–Crippen MR) is 29.2 cm³/mol. The molecule has 1 heterocycles. The highest BCUT2D eigenvalue weighted by Crippen LogP contribution is 2.00. The van der Waals surface area contributed by atoms with E-state index in [1.165, 1.54) is 0 Å². The van der Waals surface area contributed by atoms with Crippen molar-refractivity contribution in [3.8, 4) is 0 Å². The van der Waals surface area contributed by atoms with Crippen molar-refractivity contribution >= 4 is 6.29 Å². The van der Waals surface area contributed by atoms with Gasteiger partial charge in [0.25, 0.3) is 0 Å². The van der Waals surface area contributed by atoms with Crippen molar-refractivity contribution in [1.82, 2.24) is 5.32 Å². The van der Waals surface area contributed by atoms with E-state index in [2.05, 4.69) is 5.32 Å². The van der Waals surface area contributed by atoms with Crippen LogP contribution in [0.5, 0.6) is 0 Å². The molecule has 0 aromatic rings. The highest BCUT2D eigenvalue weighted by atomic mass is 16.1. The summed E-state index contributed by atoms with van der Waals surface area (Å²) in [4.78, 5) is 9.94. The molecule has 0 saturated carbocycles. The van der Waals surface area contributed by atoms with Crippen molar-refractivity contribution in [2.24, 2.45) is 0 Å². The maximum atomic E-state index is 9.94. The molecular weight excluding hydrogens is 90.1 g/mol. The zero-order valence-electron chi connectivity index (χ0n) is 4.18. The lowest BCUT2D eigenvalue weighted by Gasteiger charge is -1.93. The van der Waals surface area contributed by atoms with Crippen molar-refractivity contribution in [2.45, 2.75) is 18.9 Å². The minimum atomic E-state index is 0. The molecule has 0 bridgehead atoms. The highest BCUT2D eigenvalue weighted by Gasteiger charge is 2.10. The molecule has 1 atom stereocenters. The highest BCUT2D eigenvalue weighted by molar-refractivity contribution is 5.57. The molecule has 1 unspecified atom stereocenters. The van der Waals surface area contributed by atoms with E-state index in [0.717, 1.165) is 25.7 Å². The van der Waals surface area contributed by atoms with Gasteiger partial charge in [-0.2, -0.15) is 0 Å². The zero-order chi connectivity index (χ0) is 5.11. The van der Waals surface area contributed by atoms with E-state index in [-0.39, 0.29) is 7.47 Å². The van der Waals surface area contributed by atoms with Crippen molar-refractivity contribution in [2.75, 3.05) is 6.54 Å². The van der Waals surface area contributed by atoms with Crippen molar-refractivity contribution in [1.29, 1.82) is 0 Å². The Labute approximate surface area is 44.4 Å². The molecule has 2 heteroatoms. The Morgan fingerprint density at radius 2 is 2.71 bits per heavy atom. The van der Waals surface area contributed by atoms with Gasteiger partial charge in [-0.25, -0.2) is 0 Å². The topological polar surface area (TPSA) is 29.1 Å². The van der Waals surface area contributed by atoms with E-state index in [9.17, 15) is 4.79 Å². The Morgan fingerprint density at radius 3 is 3.00 bits per heavy atom. The lowest BCUT2D eigenvalue weighted by Crippen LogP contribution is -2.21. The van der Waals surface area contributed by atoms with Crippen molar-refractivity contribution in [3.05, 3.63) is 0 Å². The second kappa shape index (κ2) is 2.07. The number of aldehydes is 1. The Morgan fingerprint density at radius 1 is 1.86 bits per heavy atom. The van der Waals surface area contributed by atoms with Crippen LogP contribution in [0.1, 0.15) is 14.3 Å². The van der Waals surface area contributed by atoms with Crippen LogP contribution in [-0.2, 0) is 4.79 Å². The van der Waals surface area contributed by atoms with Crippen LogP contribution in [-0.4, -0.2) is 18.9 Å². The first-order valence-corrected chi connectivity index (χ1v) is 2.62. The first-order valence-electron chi connectivity index (χ1n) is 2.62. The Balaban J connectivity index is 0.000000490. The second-order valence-corrected chi connectivity index (χ2v) is 1.84. The van der Waals surface area contributed by atoms with Crippen LogP contribution in [0, 0.1) is 0 Å². The second-order valence-electron chi connectivity index (χ2n) is 1.84. The van der Waals surface area contributed by atoms with E-state index >= 15 is 0 Å². The molecule has 1 rings (SSSR count). The van der Waals surface area contributed by atoms with Gasteiger partial charge in [0.2, 0.25) is 0 Å². The average molecular weight is 101 g/mol. The van der Waals surface area contributed by atoms with Crippen LogP contribution in [0.4, 0.5) is 0 Å². The molecule has 1 aliphatic rings. The predicted octanol–water partition coefficient (Wildman–Crippen LogP) is 0.183. The number of carbonyl (C=O) groups excluding carboxylic acids is 1. The minimum Gasteiger partial charge on any atom is -0.308 e. The first kappa shape index (κ1) is 4.78. The number of rotatable bonds is 1. The molecular formula is C5H11NO. The van der Waals surface area contributed by atoms with Crippen LogP contribution >= 0.6 is 0 Å². The van der Waals surface area contributed by atoms with Gasteiger partial charge in [-0.05, 0) is 19.4 Å². The molecule has 1 saturated heterocycles. The number of hydrogen-bond donors (Lipinski definition) is 1. The van der Waals surface area contributed by atoms with E-state index < -0.39 is 0 Å². The fraction of sp³-hybridized carbons (Fsp3) is 0.800. The molecule has 0 radical (unpaired) electrons. The van der Waals surface area contributed by atoms with Gasteiger partial charge in [0, 0.05) is 1.43 Å². The molecule has 42 valence electrons. The van der Waals surface area contributed by atoms with E-state index in [0.29, 0.717) is 0 Å². The SMILES string of the molecule is O=CC1CCCN1.[HH]. The largest absolute Gasteiger partial charge is 0.308 e. The van der Waals surface area contributed by atoms with E-state index in [1.54, 1.807) is 0 Å². The molecule has 1 fully saturated rings. The summed E-state index contributed by atoms with van der Waals surface area (Å²) < 4.78 is 0. The van der Waals surface area contributed by atoms with E-state index in [1.807, 2.05) is 0 Å². The van der Waals surface area contributed by atoms with Gasteiger partial charge in [-0.15, -0.1) is 0 Å². The van der Waals surface area contributed by atoms with Crippen LogP contribution in [0.25, 0.3) is 0 Å². The third-order valence-corrected chi connectivity index (χ3v) is 1.26. The molecule has 0 aliphatic carbocycles. The normalized spacial score (nSPS) is 30.6. The summed E-state index contributed by atoms with van der Waals surface area (Å²) in [6.07, 6.45) is 3.17. The van der Waals surface area contributed by atoms with Gasteiger partial charge in [0.1, 0.15) is 6.29 Å². The van der Waals surface area contributed by atoms with Gasteiger partial charge in [0.05, 0.1) is 6.04 Å². The summed E-state index contributed by atoms with van der Waals surface area (Å²) >= 11 is 0. The Hall–Kier alpha value is -0.370. The molecule has 1 aliphatic heterocycles. The van der Waals surface area contributed by atoms with Gasteiger partial charge in [-0.1, -0.05) is 0 Å². The van der Waals surface area contributed by atoms with Gasteiger partial charge in [0.15, 0.2) is 0 Å². The standard InChI is InChI=1S/C5H9NO.H2/c7-4-5-2-1-3-6-5;/h4-6H,1-3H2;1H. The van der Waals surface area contributed by atoms with Crippen molar-refractivity contribution < 1.29 is 6.22 Å². The number of carbonyl (C=O) groups is 1. The number of nitrogens with one attached hydrogen (secondary N) is 1. The average Bonchev–Trinajstić information content (AvgIpc) is 2.14. The maximum Gasteiger partial charge on any atom is 0.136 e. The molecule has 0 spiro atoms. The first-order chi connectivity index (χ1) is 3.43. The zero-order valence-corrected chi connectivity index (χ0v) is 4.18. The lowest BCUT2D eigenvalue weighted by molar-refractivity contribution is -0.109. The fourth-order valence-electron chi connectivity index (χ4n) is 0.828. The summed E-state index contributed by atoms with van der Waals surface area (Å²) in [7, 11) is 0. The number of hydrogen-bond acceptors (Lipinski definition) is 2. The molecule has 2 nitrogen and oxygen atoms in total. The molecule has 7 heavy (non-hydrogen) atoms. The monoisotopic (exact) mass is 101 g/mol. The lowest BCUT2D eigenvalue weighted by atomic mass is 10.2. The van der Waals surface area contributed by atoms with Gasteiger partial charge in [-0.3, -0.25) is 0 Å². The molecule has 1 N–H and O–H groups in total. The van der Waals surface area contributed by atoms with Crippen LogP contribution in [0.2, 0.25) is 0 Å². The summed E-state index contributed by atoms with van der Waals surface area (Å²) in [5, 5.41) is 3.04. The van der Waals surface area contributed by atoms with Crippen molar-refractivity contribution in [3.63, 3.8) is 0 Å². The third-order valence-electron chi connectivity index (χ3n) is 1.26. The molecule has 0 amide bonds. The molecule has 0 aromatic heterocycles. The van der Waals surface area contributed by atoms with Crippen LogP contribution in [0.15, 0.2) is 0 Å². The molecule has 0 aromatic carbocycles. The third kappa shape index (κ3) is 0.996. The van der Waals surface area contributed by atoms with Crippen LogP contribution in [0.3, 0.4) is 0 Å². The van der Waals surface area contributed by atoms with Gasteiger partial charge >= 0.3 is 0 Å². The van der Waals surface area contributed by atoms with Crippen LogP contribution < -0.4 is 5.32 Å².